The molecule has 1 aromatic heterocycles. The van der Waals surface area contributed by atoms with Crippen LogP contribution in [0.25, 0.3) is 6.08 Å². The third-order valence-electron chi connectivity index (χ3n) is 5.03. The monoisotopic (exact) mass is 381 g/mol. The zero-order valence-electron chi connectivity index (χ0n) is 15.6. The van der Waals surface area contributed by atoms with E-state index in [2.05, 4.69) is 12.0 Å². The SMILES string of the molecule is CCCCn1nc(C)c(/C=C/C(=O)N2CCCC(C3OCCO3)C2)c1Cl. The number of aryl methyl sites for hydroxylation is 2. The van der Waals surface area contributed by atoms with E-state index in [4.69, 9.17) is 21.1 Å². The summed E-state index contributed by atoms with van der Waals surface area (Å²) in [5, 5.41) is 5.08. The van der Waals surface area contributed by atoms with Crippen molar-refractivity contribution in [2.24, 2.45) is 5.92 Å². The third kappa shape index (κ3) is 4.48. The van der Waals surface area contributed by atoms with Crippen LogP contribution in [0.15, 0.2) is 6.08 Å². The molecular weight excluding hydrogens is 354 g/mol. The second-order valence-corrected chi connectivity index (χ2v) is 7.35. The highest BCUT2D eigenvalue weighted by molar-refractivity contribution is 6.31. The van der Waals surface area contributed by atoms with E-state index >= 15 is 0 Å². The Balaban J connectivity index is 1.62. The van der Waals surface area contributed by atoms with Gasteiger partial charge in [-0.25, -0.2) is 0 Å². The molecule has 2 fully saturated rings. The maximum Gasteiger partial charge on any atom is 0.246 e. The summed E-state index contributed by atoms with van der Waals surface area (Å²) in [6.07, 6.45) is 7.37. The summed E-state index contributed by atoms with van der Waals surface area (Å²) in [4.78, 5) is 14.5. The summed E-state index contributed by atoms with van der Waals surface area (Å²) in [6.45, 7) is 7.60. The molecule has 0 aromatic carbocycles. The van der Waals surface area contributed by atoms with Crippen LogP contribution >= 0.6 is 11.6 Å². The van der Waals surface area contributed by atoms with Crippen LogP contribution in [0.1, 0.15) is 43.9 Å². The number of nitrogens with zero attached hydrogens (tertiary/aromatic N) is 3. The number of carbonyl (C=O) groups is 1. The number of halogens is 1. The molecule has 2 saturated heterocycles. The predicted molar refractivity (Wildman–Crippen MR) is 101 cm³/mol. The number of aromatic nitrogens is 2. The van der Waals surface area contributed by atoms with Crippen LogP contribution < -0.4 is 0 Å². The van der Waals surface area contributed by atoms with Crippen LogP contribution in [0, 0.1) is 12.8 Å². The van der Waals surface area contributed by atoms with E-state index in [1.807, 2.05) is 16.5 Å². The van der Waals surface area contributed by atoms with Crippen molar-refractivity contribution in [3.05, 3.63) is 22.5 Å². The first kappa shape index (κ1) is 19.4. The molecule has 144 valence electrons. The van der Waals surface area contributed by atoms with Crippen molar-refractivity contribution in [3.63, 3.8) is 0 Å². The van der Waals surface area contributed by atoms with E-state index in [0.29, 0.717) is 24.9 Å². The van der Waals surface area contributed by atoms with E-state index in [1.165, 1.54) is 0 Å². The number of amides is 1. The van der Waals surface area contributed by atoms with Gasteiger partial charge in [0, 0.05) is 37.2 Å². The molecule has 0 aliphatic carbocycles. The van der Waals surface area contributed by atoms with Gasteiger partial charge >= 0.3 is 0 Å². The maximum atomic E-state index is 12.6. The Morgan fingerprint density at radius 2 is 2.15 bits per heavy atom. The van der Waals surface area contributed by atoms with Crippen molar-refractivity contribution < 1.29 is 14.3 Å². The molecule has 0 spiro atoms. The first-order valence-electron chi connectivity index (χ1n) is 9.53. The number of unbranched alkanes of at least 4 members (excludes halogenated alkanes) is 1. The summed E-state index contributed by atoms with van der Waals surface area (Å²) in [6, 6.07) is 0. The second kappa shape index (κ2) is 9.02. The summed E-state index contributed by atoms with van der Waals surface area (Å²) >= 11 is 6.44. The van der Waals surface area contributed by atoms with Gasteiger partial charge in [-0.3, -0.25) is 9.48 Å². The Hall–Kier alpha value is -1.37. The van der Waals surface area contributed by atoms with E-state index < -0.39 is 0 Å². The molecule has 2 aliphatic rings. The normalized spacial score (nSPS) is 21.8. The van der Waals surface area contributed by atoms with Crippen LogP contribution in [0.5, 0.6) is 0 Å². The Kier molecular flexibility index (Phi) is 6.73. The molecule has 26 heavy (non-hydrogen) atoms. The Labute approximate surface area is 160 Å². The topological polar surface area (TPSA) is 56.6 Å². The highest BCUT2D eigenvalue weighted by atomic mass is 35.5. The second-order valence-electron chi connectivity index (χ2n) is 7.00. The average molecular weight is 382 g/mol. The van der Waals surface area contributed by atoms with Gasteiger partial charge < -0.3 is 14.4 Å². The third-order valence-corrected chi connectivity index (χ3v) is 5.43. The molecule has 0 bridgehead atoms. The highest BCUT2D eigenvalue weighted by Gasteiger charge is 2.32. The number of likely N-dealkylation sites (tertiary alicyclic amines) is 1. The molecule has 0 radical (unpaired) electrons. The van der Waals surface area contributed by atoms with Gasteiger partial charge in [0.25, 0.3) is 0 Å². The summed E-state index contributed by atoms with van der Waals surface area (Å²) in [7, 11) is 0. The number of hydrogen-bond donors (Lipinski definition) is 0. The van der Waals surface area contributed by atoms with Gasteiger partial charge in [0.05, 0.1) is 18.9 Å². The molecule has 1 atom stereocenters. The van der Waals surface area contributed by atoms with Gasteiger partial charge in [0.15, 0.2) is 6.29 Å². The van der Waals surface area contributed by atoms with Crippen molar-refractivity contribution in [3.8, 4) is 0 Å². The van der Waals surface area contributed by atoms with Gasteiger partial charge in [0.1, 0.15) is 5.15 Å². The van der Waals surface area contributed by atoms with E-state index in [9.17, 15) is 4.79 Å². The maximum absolute atomic E-state index is 12.6. The molecule has 6 nitrogen and oxygen atoms in total. The standard InChI is InChI=1S/C19H28ClN3O3/c1-3-4-10-23-18(20)16(14(2)21-23)7-8-17(24)22-9-5-6-15(13-22)19-25-11-12-26-19/h7-8,15,19H,3-6,9-13H2,1-2H3/b8-7+. The first-order chi connectivity index (χ1) is 12.6. The molecule has 3 rings (SSSR count). The van der Waals surface area contributed by atoms with Gasteiger partial charge in [-0.1, -0.05) is 24.9 Å². The Morgan fingerprint density at radius 3 is 2.88 bits per heavy atom. The predicted octanol–water partition coefficient (Wildman–Crippen LogP) is 3.27. The summed E-state index contributed by atoms with van der Waals surface area (Å²) in [5.74, 6) is 0.259. The molecule has 1 amide bonds. The van der Waals surface area contributed by atoms with Crippen LogP contribution in [-0.2, 0) is 20.8 Å². The fourth-order valence-electron chi connectivity index (χ4n) is 3.55. The Morgan fingerprint density at radius 1 is 1.38 bits per heavy atom. The minimum Gasteiger partial charge on any atom is -0.350 e. The Bertz CT molecular complexity index is 653. The molecule has 1 aromatic rings. The summed E-state index contributed by atoms with van der Waals surface area (Å²) in [5.41, 5.74) is 1.67. The molecular formula is C19H28ClN3O3. The van der Waals surface area contributed by atoms with Gasteiger partial charge in [0.2, 0.25) is 5.91 Å². The number of ether oxygens (including phenoxy) is 2. The van der Waals surface area contributed by atoms with Crippen molar-refractivity contribution >= 4 is 23.6 Å². The van der Waals surface area contributed by atoms with Crippen LogP contribution in [0.3, 0.4) is 0 Å². The first-order valence-corrected chi connectivity index (χ1v) is 9.91. The lowest BCUT2D eigenvalue weighted by Gasteiger charge is -2.34. The molecule has 0 N–H and O–H groups in total. The van der Waals surface area contributed by atoms with Crippen LogP contribution in [0.2, 0.25) is 5.15 Å². The van der Waals surface area contributed by atoms with Crippen LogP contribution in [0.4, 0.5) is 0 Å². The molecule has 2 aliphatic heterocycles. The quantitative estimate of drug-likeness (QED) is 0.709. The lowest BCUT2D eigenvalue weighted by atomic mass is 9.97. The molecule has 1 unspecified atom stereocenters. The lowest BCUT2D eigenvalue weighted by molar-refractivity contribution is -0.134. The molecule has 0 saturated carbocycles. The van der Waals surface area contributed by atoms with Gasteiger partial charge in [-0.15, -0.1) is 0 Å². The fourth-order valence-corrected chi connectivity index (χ4v) is 3.88. The zero-order valence-corrected chi connectivity index (χ0v) is 16.4. The van der Waals surface area contributed by atoms with Crippen molar-refractivity contribution in [2.45, 2.75) is 52.4 Å². The molecule has 3 heterocycles. The number of hydrogen-bond acceptors (Lipinski definition) is 4. The average Bonchev–Trinajstić information content (AvgIpc) is 3.27. The fraction of sp³-hybridized carbons (Fsp3) is 0.684. The number of carbonyl (C=O) groups excluding carboxylic acids is 1. The minimum absolute atomic E-state index is 0.00414. The highest BCUT2D eigenvalue weighted by Crippen LogP contribution is 2.26. The lowest BCUT2D eigenvalue weighted by Crippen LogP contribution is -2.43. The van der Waals surface area contributed by atoms with E-state index in [1.54, 1.807) is 12.2 Å². The van der Waals surface area contributed by atoms with E-state index in [-0.39, 0.29) is 18.1 Å². The minimum atomic E-state index is -0.164. The smallest absolute Gasteiger partial charge is 0.246 e. The van der Waals surface area contributed by atoms with Crippen molar-refractivity contribution in [2.75, 3.05) is 26.3 Å². The van der Waals surface area contributed by atoms with Crippen molar-refractivity contribution in [1.82, 2.24) is 14.7 Å². The van der Waals surface area contributed by atoms with E-state index in [0.717, 1.165) is 50.0 Å². The van der Waals surface area contributed by atoms with Crippen LogP contribution in [-0.4, -0.2) is 53.2 Å². The van der Waals surface area contributed by atoms with Crippen molar-refractivity contribution in [1.29, 1.82) is 0 Å². The molecule has 7 heteroatoms. The number of piperidine rings is 1. The zero-order chi connectivity index (χ0) is 18.5. The summed E-state index contributed by atoms with van der Waals surface area (Å²) < 4.78 is 13.0. The van der Waals surface area contributed by atoms with Gasteiger partial charge in [-0.2, -0.15) is 5.10 Å². The largest absolute Gasteiger partial charge is 0.350 e. The van der Waals surface area contributed by atoms with Gasteiger partial charge in [-0.05, 0) is 32.3 Å². The number of rotatable bonds is 6.